The van der Waals surface area contributed by atoms with Gasteiger partial charge in [-0.05, 0) is 18.2 Å². The molecule has 6 nitrogen and oxygen atoms in total. The highest BCUT2D eigenvalue weighted by Crippen LogP contribution is 2.21. The summed E-state index contributed by atoms with van der Waals surface area (Å²) in [6.45, 7) is 0.171. The molecule has 1 aromatic carbocycles. The van der Waals surface area contributed by atoms with Crippen LogP contribution in [0.2, 0.25) is 0 Å². The smallest absolute Gasteiger partial charge is 0.321 e. The molecular weight excluding hydrogens is 266 g/mol. The third-order valence-corrected chi connectivity index (χ3v) is 3.38. The first kappa shape index (κ1) is 13.3. The molecule has 19 heavy (non-hydrogen) atoms. The topological polar surface area (TPSA) is 82.5 Å². The normalized spacial score (nSPS) is 10.4. The van der Waals surface area contributed by atoms with Gasteiger partial charge in [-0.2, -0.15) is 0 Å². The summed E-state index contributed by atoms with van der Waals surface area (Å²) in [5.74, 6) is -0.925. The number of amides is 2. The number of thiazole rings is 1. The number of anilines is 1. The van der Waals surface area contributed by atoms with Crippen LogP contribution in [0, 0.1) is 0 Å². The molecule has 0 bridgehead atoms. The van der Waals surface area contributed by atoms with Crippen molar-refractivity contribution < 1.29 is 14.7 Å². The molecule has 100 valence electrons. The van der Waals surface area contributed by atoms with Gasteiger partial charge in [-0.25, -0.2) is 9.78 Å². The lowest BCUT2D eigenvalue weighted by Gasteiger charge is -2.16. The van der Waals surface area contributed by atoms with Gasteiger partial charge in [0.15, 0.2) is 0 Å². The van der Waals surface area contributed by atoms with Crippen molar-refractivity contribution in [2.75, 3.05) is 18.9 Å². The van der Waals surface area contributed by atoms with Gasteiger partial charge in [-0.15, -0.1) is 11.3 Å². The van der Waals surface area contributed by atoms with Gasteiger partial charge in [0.1, 0.15) is 0 Å². The van der Waals surface area contributed by atoms with E-state index in [9.17, 15) is 9.59 Å². The molecule has 2 rings (SSSR count). The molecule has 2 amide bonds. The fourth-order valence-corrected chi connectivity index (χ4v) is 2.23. The van der Waals surface area contributed by atoms with Crippen molar-refractivity contribution in [2.45, 2.75) is 6.42 Å². The number of fused-ring (bicyclic) bond motifs is 1. The van der Waals surface area contributed by atoms with Crippen LogP contribution in [-0.4, -0.2) is 40.6 Å². The predicted molar refractivity (Wildman–Crippen MR) is 73.5 cm³/mol. The maximum atomic E-state index is 11.8. The number of benzene rings is 1. The van der Waals surface area contributed by atoms with Crippen molar-refractivity contribution in [3.63, 3.8) is 0 Å². The van der Waals surface area contributed by atoms with Crippen LogP contribution in [0.5, 0.6) is 0 Å². The van der Waals surface area contributed by atoms with E-state index in [0.717, 1.165) is 10.2 Å². The van der Waals surface area contributed by atoms with E-state index < -0.39 is 5.97 Å². The Morgan fingerprint density at radius 3 is 3.00 bits per heavy atom. The van der Waals surface area contributed by atoms with E-state index in [-0.39, 0.29) is 19.0 Å². The molecule has 0 radical (unpaired) electrons. The Morgan fingerprint density at radius 2 is 2.26 bits per heavy atom. The molecule has 1 aromatic heterocycles. The van der Waals surface area contributed by atoms with E-state index >= 15 is 0 Å². The number of nitrogens with zero attached hydrogens (tertiary/aromatic N) is 2. The molecule has 0 fully saturated rings. The number of aromatic nitrogens is 1. The summed E-state index contributed by atoms with van der Waals surface area (Å²) in [7, 11) is 1.56. The molecule has 0 aliphatic heterocycles. The molecule has 1 heterocycles. The number of hydrogen-bond donors (Lipinski definition) is 2. The van der Waals surface area contributed by atoms with Crippen LogP contribution < -0.4 is 5.32 Å². The van der Waals surface area contributed by atoms with Gasteiger partial charge in [0.05, 0.1) is 22.1 Å². The van der Waals surface area contributed by atoms with E-state index in [4.69, 9.17) is 5.11 Å². The highest BCUT2D eigenvalue weighted by atomic mass is 32.1. The van der Waals surface area contributed by atoms with E-state index in [1.165, 1.54) is 16.2 Å². The maximum absolute atomic E-state index is 11.8. The molecule has 0 spiro atoms. The van der Waals surface area contributed by atoms with Crippen molar-refractivity contribution in [1.82, 2.24) is 9.88 Å². The van der Waals surface area contributed by atoms with Gasteiger partial charge in [-0.3, -0.25) is 4.79 Å². The summed E-state index contributed by atoms with van der Waals surface area (Å²) in [6, 6.07) is 5.12. The van der Waals surface area contributed by atoms with Crippen LogP contribution in [0.4, 0.5) is 10.5 Å². The molecule has 0 saturated carbocycles. The standard InChI is InChI=1S/C12H13N3O3S/c1-15(5-4-11(16)17)12(18)14-8-2-3-9-10(6-8)19-7-13-9/h2-3,6-7H,4-5H2,1H3,(H,14,18)(H,16,17). The first-order valence-electron chi connectivity index (χ1n) is 5.63. The number of urea groups is 1. The second kappa shape index (κ2) is 5.66. The van der Waals surface area contributed by atoms with Crippen LogP contribution in [0.15, 0.2) is 23.7 Å². The van der Waals surface area contributed by atoms with Gasteiger partial charge in [0.25, 0.3) is 0 Å². The van der Waals surface area contributed by atoms with Crippen molar-refractivity contribution in [3.8, 4) is 0 Å². The van der Waals surface area contributed by atoms with Crippen LogP contribution >= 0.6 is 11.3 Å². The molecule has 0 aliphatic rings. The Kier molecular flexibility index (Phi) is 3.96. The molecule has 0 saturated heterocycles. The fourth-order valence-electron chi connectivity index (χ4n) is 1.52. The zero-order valence-electron chi connectivity index (χ0n) is 10.3. The maximum Gasteiger partial charge on any atom is 0.321 e. The number of carboxylic acid groups (broad SMARTS) is 1. The molecular formula is C12H13N3O3S. The number of hydrogen-bond acceptors (Lipinski definition) is 4. The van der Waals surface area contributed by atoms with Crippen LogP contribution in [-0.2, 0) is 4.79 Å². The van der Waals surface area contributed by atoms with Gasteiger partial charge in [0, 0.05) is 19.3 Å². The first-order valence-corrected chi connectivity index (χ1v) is 6.51. The molecule has 7 heteroatoms. The van der Waals surface area contributed by atoms with E-state index in [0.29, 0.717) is 5.69 Å². The highest BCUT2D eigenvalue weighted by molar-refractivity contribution is 7.16. The second-order valence-electron chi connectivity index (χ2n) is 4.03. The monoisotopic (exact) mass is 279 g/mol. The van der Waals surface area contributed by atoms with Gasteiger partial charge >= 0.3 is 12.0 Å². The molecule has 2 aromatic rings. The largest absolute Gasteiger partial charge is 0.481 e. The number of carbonyl (C=O) groups excluding carboxylic acids is 1. The zero-order valence-corrected chi connectivity index (χ0v) is 11.1. The summed E-state index contributed by atoms with van der Waals surface area (Å²) in [5, 5.41) is 11.3. The summed E-state index contributed by atoms with van der Waals surface area (Å²) < 4.78 is 0.992. The van der Waals surface area contributed by atoms with Gasteiger partial charge < -0.3 is 15.3 Å². The first-order chi connectivity index (χ1) is 9.06. The van der Waals surface area contributed by atoms with Crippen molar-refractivity contribution in [2.24, 2.45) is 0 Å². The van der Waals surface area contributed by atoms with Crippen LogP contribution in [0.3, 0.4) is 0 Å². The molecule has 0 aliphatic carbocycles. The number of carbonyl (C=O) groups is 2. The summed E-state index contributed by atoms with van der Waals surface area (Å²) in [5.41, 5.74) is 3.31. The van der Waals surface area contributed by atoms with Crippen molar-refractivity contribution >= 4 is 39.2 Å². The number of carboxylic acids is 1. The Balaban J connectivity index is 1.99. The molecule has 2 N–H and O–H groups in total. The lowest BCUT2D eigenvalue weighted by Crippen LogP contribution is -2.33. The second-order valence-corrected chi connectivity index (χ2v) is 4.92. The third-order valence-electron chi connectivity index (χ3n) is 2.59. The summed E-state index contributed by atoms with van der Waals surface area (Å²) in [4.78, 5) is 27.7. The van der Waals surface area contributed by atoms with Crippen molar-refractivity contribution in [3.05, 3.63) is 23.7 Å². The SMILES string of the molecule is CN(CCC(=O)O)C(=O)Nc1ccc2ncsc2c1. The molecule has 0 unspecified atom stereocenters. The van der Waals surface area contributed by atoms with E-state index in [1.807, 2.05) is 12.1 Å². The Bertz CT molecular complexity index is 611. The van der Waals surface area contributed by atoms with Crippen LogP contribution in [0.25, 0.3) is 10.2 Å². The Hall–Kier alpha value is -2.15. The lowest BCUT2D eigenvalue weighted by atomic mass is 10.3. The average Bonchev–Trinajstić information content (AvgIpc) is 2.83. The van der Waals surface area contributed by atoms with Crippen molar-refractivity contribution in [1.29, 1.82) is 0 Å². The number of nitrogens with one attached hydrogen (secondary N) is 1. The summed E-state index contributed by atoms with van der Waals surface area (Å²) in [6.07, 6.45) is -0.0716. The number of rotatable bonds is 4. The summed E-state index contributed by atoms with van der Waals surface area (Å²) >= 11 is 1.50. The lowest BCUT2D eigenvalue weighted by molar-refractivity contribution is -0.137. The minimum Gasteiger partial charge on any atom is -0.481 e. The minimum atomic E-state index is -0.925. The minimum absolute atomic E-state index is 0.0716. The molecule has 0 atom stereocenters. The van der Waals surface area contributed by atoms with E-state index in [1.54, 1.807) is 18.6 Å². The Morgan fingerprint density at radius 1 is 1.47 bits per heavy atom. The quantitative estimate of drug-likeness (QED) is 0.899. The Labute approximate surface area is 113 Å². The number of aliphatic carboxylic acids is 1. The highest BCUT2D eigenvalue weighted by Gasteiger charge is 2.10. The average molecular weight is 279 g/mol. The van der Waals surface area contributed by atoms with Crippen LogP contribution in [0.1, 0.15) is 6.42 Å². The third kappa shape index (κ3) is 3.41. The van der Waals surface area contributed by atoms with Gasteiger partial charge in [-0.1, -0.05) is 0 Å². The van der Waals surface area contributed by atoms with E-state index in [2.05, 4.69) is 10.3 Å². The predicted octanol–water partition coefficient (Wildman–Crippen LogP) is 2.23. The zero-order chi connectivity index (χ0) is 13.8. The van der Waals surface area contributed by atoms with Gasteiger partial charge in [0.2, 0.25) is 0 Å². The fraction of sp³-hybridized carbons (Fsp3) is 0.250.